The van der Waals surface area contributed by atoms with Crippen LogP contribution in [0, 0.1) is 6.92 Å². The van der Waals surface area contributed by atoms with Crippen LogP contribution in [-0.4, -0.2) is 18.0 Å². The maximum atomic E-state index is 6.02. The summed E-state index contributed by atoms with van der Waals surface area (Å²) in [4.78, 5) is 3.84. The summed E-state index contributed by atoms with van der Waals surface area (Å²) >= 11 is 1.81. The Balaban J connectivity index is 2.18. The van der Waals surface area contributed by atoms with Crippen molar-refractivity contribution in [2.75, 3.05) is 13.1 Å². The van der Waals surface area contributed by atoms with Gasteiger partial charge in [-0.15, -0.1) is 11.3 Å². The van der Waals surface area contributed by atoms with E-state index in [9.17, 15) is 0 Å². The summed E-state index contributed by atoms with van der Waals surface area (Å²) in [6, 6.07) is 13.3. The van der Waals surface area contributed by atoms with Gasteiger partial charge in [-0.25, -0.2) is 0 Å². The van der Waals surface area contributed by atoms with Crippen LogP contribution in [0.3, 0.4) is 0 Å². The summed E-state index contributed by atoms with van der Waals surface area (Å²) in [5, 5.41) is 2.13. The molecule has 0 fully saturated rings. The molecular weight excluding hydrogens is 252 g/mol. The summed E-state index contributed by atoms with van der Waals surface area (Å²) < 4.78 is 0. The molecule has 0 spiro atoms. The van der Waals surface area contributed by atoms with E-state index in [1.54, 1.807) is 0 Å². The van der Waals surface area contributed by atoms with Crippen LogP contribution in [0.15, 0.2) is 41.8 Å². The molecule has 0 amide bonds. The maximum absolute atomic E-state index is 6.02. The lowest BCUT2D eigenvalue weighted by Gasteiger charge is -2.30. The van der Waals surface area contributed by atoms with Crippen molar-refractivity contribution in [2.24, 2.45) is 5.73 Å². The van der Waals surface area contributed by atoms with Crippen molar-refractivity contribution in [1.29, 1.82) is 0 Å². The van der Waals surface area contributed by atoms with Gasteiger partial charge in [0.1, 0.15) is 0 Å². The lowest BCUT2D eigenvalue weighted by molar-refractivity contribution is 0.205. The highest BCUT2D eigenvalue weighted by Crippen LogP contribution is 2.23. The number of hydrogen-bond acceptors (Lipinski definition) is 3. The van der Waals surface area contributed by atoms with Gasteiger partial charge in [-0.3, -0.25) is 4.90 Å². The molecule has 2 N–H and O–H groups in total. The number of nitrogens with zero attached hydrogens (tertiary/aromatic N) is 1. The van der Waals surface area contributed by atoms with E-state index in [-0.39, 0.29) is 0 Å². The number of hydrogen-bond donors (Lipinski definition) is 1. The molecule has 0 saturated carbocycles. The van der Waals surface area contributed by atoms with Crippen LogP contribution >= 0.6 is 11.3 Å². The summed E-state index contributed by atoms with van der Waals surface area (Å²) in [5.41, 5.74) is 8.64. The number of aryl methyl sites for hydroxylation is 1. The Morgan fingerprint density at radius 3 is 2.68 bits per heavy atom. The Hall–Kier alpha value is -1.16. The second-order valence-corrected chi connectivity index (χ2v) is 5.84. The molecule has 0 aliphatic heterocycles. The molecule has 1 aromatic carbocycles. The minimum Gasteiger partial charge on any atom is -0.329 e. The van der Waals surface area contributed by atoms with Crippen molar-refractivity contribution >= 4 is 11.3 Å². The van der Waals surface area contributed by atoms with Crippen molar-refractivity contribution < 1.29 is 0 Å². The van der Waals surface area contributed by atoms with E-state index in [0.717, 1.165) is 13.1 Å². The molecule has 0 saturated heterocycles. The Kier molecular flexibility index (Phi) is 5.14. The molecule has 1 aromatic heterocycles. The summed E-state index contributed by atoms with van der Waals surface area (Å²) in [5.74, 6) is 0. The molecule has 0 aliphatic carbocycles. The van der Waals surface area contributed by atoms with Gasteiger partial charge in [0.2, 0.25) is 0 Å². The lowest BCUT2D eigenvalue weighted by atomic mass is 10.0. The van der Waals surface area contributed by atoms with E-state index in [2.05, 4.69) is 60.5 Å². The molecule has 102 valence electrons. The van der Waals surface area contributed by atoms with Crippen LogP contribution < -0.4 is 5.73 Å². The minimum atomic E-state index is 0.298. The molecule has 1 heterocycles. The topological polar surface area (TPSA) is 29.3 Å². The Labute approximate surface area is 119 Å². The lowest BCUT2D eigenvalue weighted by Crippen LogP contribution is -2.33. The van der Waals surface area contributed by atoms with Gasteiger partial charge in [0.15, 0.2) is 0 Å². The normalized spacial score (nSPS) is 12.8. The SMILES string of the molecule is CCN(Cc1cccs1)C(CN)c1cccc(C)c1. The zero-order valence-corrected chi connectivity index (χ0v) is 12.5. The summed E-state index contributed by atoms with van der Waals surface area (Å²) in [6.45, 7) is 6.97. The fourth-order valence-electron chi connectivity index (χ4n) is 2.42. The van der Waals surface area contributed by atoms with Crippen molar-refractivity contribution in [3.63, 3.8) is 0 Å². The average Bonchev–Trinajstić information content (AvgIpc) is 2.91. The highest BCUT2D eigenvalue weighted by Gasteiger charge is 2.18. The van der Waals surface area contributed by atoms with E-state index in [4.69, 9.17) is 5.73 Å². The number of benzene rings is 1. The predicted octanol–water partition coefficient (Wildman–Crippen LogP) is 3.58. The van der Waals surface area contributed by atoms with Gasteiger partial charge >= 0.3 is 0 Å². The number of thiophene rings is 1. The predicted molar refractivity (Wildman–Crippen MR) is 83.4 cm³/mol. The molecule has 19 heavy (non-hydrogen) atoms. The largest absolute Gasteiger partial charge is 0.329 e. The van der Waals surface area contributed by atoms with Gasteiger partial charge in [0.05, 0.1) is 0 Å². The second-order valence-electron chi connectivity index (χ2n) is 4.81. The first kappa shape index (κ1) is 14.3. The number of rotatable bonds is 6. The Morgan fingerprint density at radius 2 is 2.11 bits per heavy atom. The first-order valence-electron chi connectivity index (χ1n) is 6.77. The van der Waals surface area contributed by atoms with Crippen LogP contribution in [0.1, 0.15) is 29.0 Å². The molecule has 2 rings (SSSR count). The highest BCUT2D eigenvalue weighted by atomic mass is 32.1. The van der Waals surface area contributed by atoms with Gasteiger partial charge < -0.3 is 5.73 Å². The standard InChI is InChI=1S/C16H22N2S/c1-3-18(12-15-8-5-9-19-15)16(11-17)14-7-4-6-13(2)10-14/h4-10,16H,3,11-12,17H2,1-2H3. The van der Waals surface area contributed by atoms with Crippen LogP contribution in [-0.2, 0) is 6.54 Å². The maximum Gasteiger partial charge on any atom is 0.0474 e. The first-order valence-corrected chi connectivity index (χ1v) is 7.65. The molecule has 0 bridgehead atoms. The quantitative estimate of drug-likeness (QED) is 0.872. The molecule has 2 nitrogen and oxygen atoms in total. The molecule has 3 heteroatoms. The third-order valence-electron chi connectivity index (χ3n) is 3.44. The molecule has 1 atom stereocenters. The van der Waals surface area contributed by atoms with Crippen LogP contribution in [0.2, 0.25) is 0 Å². The smallest absolute Gasteiger partial charge is 0.0474 e. The summed E-state index contributed by atoms with van der Waals surface area (Å²) in [6.07, 6.45) is 0. The Morgan fingerprint density at radius 1 is 1.26 bits per heavy atom. The van der Waals surface area contributed by atoms with Crippen molar-refractivity contribution in [3.05, 3.63) is 57.8 Å². The third-order valence-corrected chi connectivity index (χ3v) is 4.30. The minimum absolute atomic E-state index is 0.298. The molecule has 0 aliphatic rings. The molecule has 0 radical (unpaired) electrons. The fraction of sp³-hybridized carbons (Fsp3) is 0.375. The zero-order valence-electron chi connectivity index (χ0n) is 11.7. The monoisotopic (exact) mass is 274 g/mol. The van der Waals surface area contributed by atoms with Crippen LogP contribution in [0.25, 0.3) is 0 Å². The van der Waals surface area contributed by atoms with Gasteiger partial charge in [0.25, 0.3) is 0 Å². The van der Waals surface area contributed by atoms with Crippen molar-refractivity contribution in [1.82, 2.24) is 4.90 Å². The molecular formula is C16H22N2S. The van der Waals surface area contributed by atoms with E-state index in [0.29, 0.717) is 12.6 Å². The van der Waals surface area contributed by atoms with Gasteiger partial charge in [-0.05, 0) is 30.5 Å². The second kappa shape index (κ2) is 6.85. The average molecular weight is 274 g/mol. The zero-order chi connectivity index (χ0) is 13.7. The number of nitrogens with two attached hydrogens (primary N) is 1. The van der Waals surface area contributed by atoms with Gasteiger partial charge in [0, 0.05) is 24.0 Å². The fourth-order valence-corrected chi connectivity index (χ4v) is 3.15. The van der Waals surface area contributed by atoms with Crippen LogP contribution in [0.5, 0.6) is 0 Å². The van der Waals surface area contributed by atoms with Crippen molar-refractivity contribution in [3.8, 4) is 0 Å². The third kappa shape index (κ3) is 3.66. The molecule has 1 unspecified atom stereocenters. The van der Waals surface area contributed by atoms with E-state index < -0.39 is 0 Å². The van der Waals surface area contributed by atoms with E-state index in [1.807, 2.05) is 11.3 Å². The van der Waals surface area contributed by atoms with Crippen LogP contribution in [0.4, 0.5) is 0 Å². The first-order chi connectivity index (χ1) is 9.24. The Bertz CT molecular complexity index is 493. The van der Waals surface area contributed by atoms with Gasteiger partial charge in [-0.2, -0.15) is 0 Å². The number of likely N-dealkylation sites (N-methyl/N-ethyl adjacent to an activating group) is 1. The van der Waals surface area contributed by atoms with E-state index in [1.165, 1.54) is 16.0 Å². The molecule has 2 aromatic rings. The van der Waals surface area contributed by atoms with Crippen molar-refractivity contribution in [2.45, 2.75) is 26.4 Å². The van der Waals surface area contributed by atoms with E-state index >= 15 is 0 Å². The highest BCUT2D eigenvalue weighted by molar-refractivity contribution is 7.09. The summed E-state index contributed by atoms with van der Waals surface area (Å²) in [7, 11) is 0. The van der Waals surface area contributed by atoms with Gasteiger partial charge in [-0.1, -0.05) is 42.8 Å².